The zero-order valence-corrected chi connectivity index (χ0v) is 6.96. The Labute approximate surface area is 65.3 Å². The summed E-state index contributed by atoms with van der Waals surface area (Å²) in [6, 6.07) is 0. The lowest BCUT2D eigenvalue weighted by molar-refractivity contribution is 0.271. The smallest absolute Gasteiger partial charge is 0.123 e. The molecule has 5 heteroatoms. The van der Waals surface area contributed by atoms with E-state index < -0.39 is 0 Å². The molecule has 5 nitrogen and oxygen atoms in total. The minimum atomic E-state index is 0.655. The predicted octanol–water partition coefficient (Wildman–Crippen LogP) is -0.0558. The van der Waals surface area contributed by atoms with E-state index in [4.69, 9.17) is 0 Å². The first-order valence-electron chi connectivity index (χ1n) is 3.39. The number of hydrazine groups is 1. The molecule has 0 saturated carbocycles. The SMILES string of the molecule is Cc1nonc1CNN(C)C. The number of aromatic nitrogens is 2. The van der Waals surface area contributed by atoms with Gasteiger partial charge in [0.15, 0.2) is 0 Å². The Morgan fingerprint density at radius 1 is 1.45 bits per heavy atom. The fourth-order valence-corrected chi connectivity index (χ4v) is 0.643. The first-order valence-corrected chi connectivity index (χ1v) is 3.39. The molecule has 1 aromatic rings. The number of hydrogen-bond donors (Lipinski definition) is 1. The summed E-state index contributed by atoms with van der Waals surface area (Å²) < 4.78 is 4.52. The first-order chi connectivity index (χ1) is 5.20. The minimum Gasteiger partial charge on any atom is -0.250 e. The fourth-order valence-electron chi connectivity index (χ4n) is 0.643. The van der Waals surface area contributed by atoms with Crippen LogP contribution in [0.1, 0.15) is 11.4 Å². The molecule has 0 aromatic carbocycles. The van der Waals surface area contributed by atoms with Crippen LogP contribution in [-0.2, 0) is 6.54 Å². The summed E-state index contributed by atoms with van der Waals surface area (Å²) >= 11 is 0. The summed E-state index contributed by atoms with van der Waals surface area (Å²) in [5.41, 5.74) is 4.74. The molecule has 0 amide bonds. The Morgan fingerprint density at radius 2 is 2.18 bits per heavy atom. The van der Waals surface area contributed by atoms with E-state index in [1.165, 1.54) is 0 Å². The summed E-state index contributed by atoms with van der Waals surface area (Å²) in [5, 5.41) is 9.22. The van der Waals surface area contributed by atoms with Gasteiger partial charge < -0.3 is 0 Å². The molecule has 0 aliphatic carbocycles. The van der Waals surface area contributed by atoms with Crippen LogP contribution in [-0.4, -0.2) is 29.4 Å². The van der Waals surface area contributed by atoms with Gasteiger partial charge in [-0.05, 0) is 6.92 Å². The highest BCUT2D eigenvalue weighted by atomic mass is 16.6. The summed E-state index contributed by atoms with van der Waals surface area (Å²) in [7, 11) is 3.84. The van der Waals surface area contributed by atoms with E-state index in [-0.39, 0.29) is 0 Å². The van der Waals surface area contributed by atoms with Crippen LogP contribution < -0.4 is 5.43 Å². The molecule has 0 bridgehead atoms. The maximum atomic E-state index is 4.52. The maximum absolute atomic E-state index is 4.52. The average molecular weight is 156 g/mol. The molecular formula is C6H12N4O. The molecule has 0 unspecified atom stereocenters. The van der Waals surface area contributed by atoms with Crippen LogP contribution >= 0.6 is 0 Å². The van der Waals surface area contributed by atoms with Crippen LogP contribution in [0, 0.1) is 6.92 Å². The lowest BCUT2D eigenvalue weighted by Gasteiger charge is -2.09. The monoisotopic (exact) mass is 156 g/mol. The van der Waals surface area contributed by atoms with Crippen molar-refractivity contribution in [2.24, 2.45) is 0 Å². The molecule has 62 valence electrons. The molecule has 0 aliphatic heterocycles. The number of nitrogens with one attached hydrogen (secondary N) is 1. The van der Waals surface area contributed by atoms with E-state index >= 15 is 0 Å². The second kappa shape index (κ2) is 3.45. The van der Waals surface area contributed by atoms with Gasteiger partial charge in [0, 0.05) is 14.1 Å². The maximum Gasteiger partial charge on any atom is 0.123 e. The Hall–Kier alpha value is -0.940. The van der Waals surface area contributed by atoms with E-state index in [1.807, 2.05) is 26.0 Å². The lowest BCUT2D eigenvalue weighted by atomic mass is 10.3. The van der Waals surface area contributed by atoms with Crippen LogP contribution in [0.3, 0.4) is 0 Å². The Morgan fingerprint density at radius 3 is 2.64 bits per heavy atom. The fraction of sp³-hybridized carbons (Fsp3) is 0.667. The molecule has 0 radical (unpaired) electrons. The van der Waals surface area contributed by atoms with Crippen molar-refractivity contribution < 1.29 is 4.63 Å². The van der Waals surface area contributed by atoms with Crippen molar-refractivity contribution in [1.29, 1.82) is 0 Å². The van der Waals surface area contributed by atoms with Crippen LogP contribution in [0.5, 0.6) is 0 Å². The summed E-state index contributed by atoms with van der Waals surface area (Å²) in [6.07, 6.45) is 0. The van der Waals surface area contributed by atoms with Gasteiger partial charge in [-0.25, -0.2) is 10.1 Å². The van der Waals surface area contributed by atoms with Gasteiger partial charge in [-0.2, -0.15) is 0 Å². The summed E-state index contributed by atoms with van der Waals surface area (Å²) in [5.74, 6) is 0. The second-order valence-electron chi connectivity index (χ2n) is 2.53. The van der Waals surface area contributed by atoms with E-state index in [1.54, 1.807) is 0 Å². The zero-order valence-electron chi connectivity index (χ0n) is 6.96. The topological polar surface area (TPSA) is 54.2 Å². The predicted molar refractivity (Wildman–Crippen MR) is 39.6 cm³/mol. The molecule has 1 aromatic heterocycles. The molecule has 0 saturated heterocycles. The van der Waals surface area contributed by atoms with Gasteiger partial charge in [-0.3, -0.25) is 5.01 Å². The quantitative estimate of drug-likeness (QED) is 0.621. The number of aryl methyl sites for hydroxylation is 1. The molecular weight excluding hydrogens is 144 g/mol. The van der Waals surface area contributed by atoms with E-state index in [0.717, 1.165) is 11.4 Å². The molecule has 0 aliphatic rings. The van der Waals surface area contributed by atoms with Crippen molar-refractivity contribution in [3.8, 4) is 0 Å². The van der Waals surface area contributed by atoms with Gasteiger partial charge in [0.2, 0.25) is 0 Å². The highest BCUT2D eigenvalue weighted by Crippen LogP contribution is 1.98. The molecule has 0 fully saturated rings. The van der Waals surface area contributed by atoms with Gasteiger partial charge in [-0.15, -0.1) is 0 Å². The molecule has 0 atom stereocenters. The third-order valence-corrected chi connectivity index (χ3v) is 1.31. The van der Waals surface area contributed by atoms with Gasteiger partial charge in [0.1, 0.15) is 11.4 Å². The molecule has 1 rings (SSSR count). The average Bonchev–Trinajstić information content (AvgIpc) is 2.31. The van der Waals surface area contributed by atoms with Crippen molar-refractivity contribution in [2.45, 2.75) is 13.5 Å². The Balaban J connectivity index is 2.44. The number of rotatable bonds is 3. The van der Waals surface area contributed by atoms with Crippen LogP contribution in [0.4, 0.5) is 0 Å². The highest BCUT2D eigenvalue weighted by molar-refractivity contribution is 5.03. The van der Waals surface area contributed by atoms with Gasteiger partial charge in [0.05, 0.1) is 6.54 Å². The van der Waals surface area contributed by atoms with E-state index in [2.05, 4.69) is 20.4 Å². The largest absolute Gasteiger partial charge is 0.250 e. The molecule has 11 heavy (non-hydrogen) atoms. The second-order valence-corrected chi connectivity index (χ2v) is 2.53. The zero-order chi connectivity index (χ0) is 8.27. The van der Waals surface area contributed by atoms with Crippen molar-refractivity contribution in [3.63, 3.8) is 0 Å². The molecule has 1 N–H and O–H groups in total. The highest BCUT2D eigenvalue weighted by Gasteiger charge is 2.03. The van der Waals surface area contributed by atoms with Crippen molar-refractivity contribution in [1.82, 2.24) is 20.7 Å². The van der Waals surface area contributed by atoms with Crippen LogP contribution in [0.2, 0.25) is 0 Å². The molecule has 1 heterocycles. The minimum absolute atomic E-state index is 0.655. The lowest BCUT2D eigenvalue weighted by Crippen LogP contribution is -2.29. The summed E-state index contributed by atoms with van der Waals surface area (Å²) in [4.78, 5) is 0. The van der Waals surface area contributed by atoms with Crippen molar-refractivity contribution >= 4 is 0 Å². The Kier molecular flexibility index (Phi) is 2.56. The number of nitrogens with zero attached hydrogens (tertiary/aromatic N) is 3. The van der Waals surface area contributed by atoms with Gasteiger partial charge >= 0.3 is 0 Å². The van der Waals surface area contributed by atoms with Gasteiger partial charge in [0.25, 0.3) is 0 Å². The van der Waals surface area contributed by atoms with Crippen LogP contribution in [0.25, 0.3) is 0 Å². The third kappa shape index (κ3) is 2.28. The Bertz CT molecular complexity index is 220. The first kappa shape index (κ1) is 8.16. The van der Waals surface area contributed by atoms with E-state index in [0.29, 0.717) is 6.54 Å². The third-order valence-electron chi connectivity index (χ3n) is 1.31. The summed E-state index contributed by atoms with van der Waals surface area (Å²) in [6.45, 7) is 2.52. The number of hydrogen-bond acceptors (Lipinski definition) is 5. The van der Waals surface area contributed by atoms with E-state index in [9.17, 15) is 0 Å². The van der Waals surface area contributed by atoms with Crippen LogP contribution in [0.15, 0.2) is 4.63 Å². The van der Waals surface area contributed by atoms with Gasteiger partial charge in [-0.1, -0.05) is 10.3 Å². The van der Waals surface area contributed by atoms with Crippen molar-refractivity contribution in [3.05, 3.63) is 11.4 Å². The molecule has 0 spiro atoms. The standard InChI is InChI=1S/C6H12N4O/c1-5-6(9-11-8-5)4-7-10(2)3/h7H,4H2,1-3H3. The van der Waals surface area contributed by atoms with Crippen molar-refractivity contribution in [2.75, 3.05) is 14.1 Å². The normalized spacial score (nSPS) is 10.9.